The Morgan fingerprint density at radius 3 is 2.55 bits per heavy atom. The minimum Gasteiger partial charge on any atom is -0.472 e. The van der Waals surface area contributed by atoms with Crippen LogP contribution in [0.1, 0.15) is 5.56 Å². The largest absolute Gasteiger partial charge is 0.472 e. The summed E-state index contributed by atoms with van der Waals surface area (Å²) < 4.78 is 4.84. The van der Waals surface area contributed by atoms with Gasteiger partial charge in [0.05, 0.1) is 12.5 Å². The van der Waals surface area contributed by atoms with Gasteiger partial charge in [-0.1, -0.05) is 0 Å². The first-order valence-corrected chi connectivity index (χ1v) is 3.59. The number of hydrogen-bond acceptors (Lipinski definition) is 3. The van der Waals surface area contributed by atoms with Gasteiger partial charge in [0.1, 0.15) is 0 Å². The third-order valence-electron chi connectivity index (χ3n) is 1.62. The van der Waals surface area contributed by atoms with Crippen LogP contribution in [-0.2, 0) is 6.42 Å². The standard InChI is InChI=1S/C8H12O3/c9-4-8(5-10)3-7-1-2-11-6-7/h1-2,6,8-10H,3-5H2. The van der Waals surface area contributed by atoms with E-state index in [4.69, 9.17) is 14.6 Å². The Morgan fingerprint density at radius 2 is 2.09 bits per heavy atom. The molecule has 0 saturated heterocycles. The second-order valence-electron chi connectivity index (χ2n) is 2.57. The van der Waals surface area contributed by atoms with Crippen molar-refractivity contribution in [3.8, 4) is 0 Å². The molecule has 0 bridgehead atoms. The molecule has 2 N–H and O–H groups in total. The summed E-state index contributed by atoms with van der Waals surface area (Å²) in [6.45, 7) is 0.0311. The molecule has 1 aromatic heterocycles. The van der Waals surface area contributed by atoms with E-state index in [1.54, 1.807) is 12.5 Å². The van der Waals surface area contributed by atoms with Gasteiger partial charge < -0.3 is 14.6 Å². The fourth-order valence-corrected chi connectivity index (χ4v) is 0.929. The highest BCUT2D eigenvalue weighted by atomic mass is 16.3. The van der Waals surface area contributed by atoms with Crippen LogP contribution in [0.25, 0.3) is 0 Å². The quantitative estimate of drug-likeness (QED) is 0.664. The molecule has 0 aliphatic heterocycles. The Hall–Kier alpha value is -0.800. The SMILES string of the molecule is OCC(CO)Cc1ccoc1. The van der Waals surface area contributed by atoms with Gasteiger partial charge in [-0.05, 0) is 18.1 Å². The minimum atomic E-state index is -0.0624. The summed E-state index contributed by atoms with van der Waals surface area (Å²) >= 11 is 0. The highest BCUT2D eigenvalue weighted by molar-refractivity contribution is 5.06. The summed E-state index contributed by atoms with van der Waals surface area (Å²) in [5.74, 6) is -0.0624. The molecule has 0 fully saturated rings. The molecule has 0 aromatic carbocycles. The zero-order chi connectivity index (χ0) is 8.10. The number of rotatable bonds is 4. The molecular weight excluding hydrogens is 144 g/mol. The molecule has 0 saturated carbocycles. The topological polar surface area (TPSA) is 53.6 Å². The summed E-state index contributed by atoms with van der Waals surface area (Å²) in [5.41, 5.74) is 1.01. The lowest BCUT2D eigenvalue weighted by Gasteiger charge is -2.07. The Balaban J connectivity index is 2.41. The lowest BCUT2D eigenvalue weighted by Crippen LogP contribution is -2.13. The molecule has 0 unspecified atom stereocenters. The van der Waals surface area contributed by atoms with Gasteiger partial charge in [0.15, 0.2) is 0 Å². The van der Waals surface area contributed by atoms with E-state index >= 15 is 0 Å². The Kier molecular flexibility index (Phi) is 3.14. The van der Waals surface area contributed by atoms with Gasteiger partial charge in [-0.15, -0.1) is 0 Å². The van der Waals surface area contributed by atoms with Crippen molar-refractivity contribution in [3.63, 3.8) is 0 Å². The maximum absolute atomic E-state index is 8.73. The van der Waals surface area contributed by atoms with Crippen molar-refractivity contribution in [1.29, 1.82) is 0 Å². The molecule has 0 aliphatic carbocycles. The Bertz CT molecular complexity index is 177. The summed E-state index contributed by atoms with van der Waals surface area (Å²) in [6, 6.07) is 1.83. The average Bonchev–Trinajstić information content (AvgIpc) is 2.52. The van der Waals surface area contributed by atoms with Crippen molar-refractivity contribution < 1.29 is 14.6 Å². The molecule has 1 heterocycles. The van der Waals surface area contributed by atoms with Gasteiger partial charge in [0, 0.05) is 19.1 Å². The summed E-state index contributed by atoms with van der Waals surface area (Å²) in [5, 5.41) is 17.5. The Morgan fingerprint density at radius 1 is 1.36 bits per heavy atom. The normalized spacial score (nSPS) is 10.8. The van der Waals surface area contributed by atoms with E-state index in [2.05, 4.69) is 0 Å². The first-order valence-electron chi connectivity index (χ1n) is 3.59. The van der Waals surface area contributed by atoms with Crippen LogP contribution in [0.4, 0.5) is 0 Å². The second kappa shape index (κ2) is 4.16. The summed E-state index contributed by atoms with van der Waals surface area (Å²) in [7, 11) is 0. The first kappa shape index (κ1) is 8.30. The van der Waals surface area contributed by atoms with E-state index in [1.807, 2.05) is 6.07 Å². The molecule has 0 amide bonds. The number of furan rings is 1. The van der Waals surface area contributed by atoms with E-state index in [0.717, 1.165) is 5.56 Å². The molecule has 0 aliphatic rings. The smallest absolute Gasteiger partial charge is 0.0934 e. The van der Waals surface area contributed by atoms with Gasteiger partial charge in [0.25, 0.3) is 0 Å². The van der Waals surface area contributed by atoms with E-state index in [9.17, 15) is 0 Å². The maximum Gasteiger partial charge on any atom is 0.0934 e. The fourth-order valence-electron chi connectivity index (χ4n) is 0.929. The number of aliphatic hydroxyl groups excluding tert-OH is 2. The molecule has 62 valence electrons. The highest BCUT2D eigenvalue weighted by Crippen LogP contribution is 2.07. The van der Waals surface area contributed by atoms with Crippen molar-refractivity contribution >= 4 is 0 Å². The lowest BCUT2D eigenvalue weighted by molar-refractivity contribution is 0.150. The van der Waals surface area contributed by atoms with Gasteiger partial charge in [0.2, 0.25) is 0 Å². The third kappa shape index (κ3) is 2.37. The van der Waals surface area contributed by atoms with Crippen molar-refractivity contribution in [3.05, 3.63) is 24.2 Å². The van der Waals surface area contributed by atoms with E-state index in [-0.39, 0.29) is 19.1 Å². The molecule has 0 atom stereocenters. The van der Waals surface area contributed by atoms with Gasteiger partial charge in [-0.3, -0.25) is 0 Å². The van der Waals surface area contributed by atoms with E-state index in [0.29, 0.717) is 6.42 Å². The van der Waals surface area contributed by atoms with Crippen molar-refractivity contribution in [1.82, 2.24) is 0 Å². The number of aliphatic hydroxyl groups is 2. The molecule has 1 aromatic rings. The number of hydrogen-bond donors (Lipinski definition) is 2. The van der Waals surface area contributed by atoms with Crippen LogP contribution in [0.3, 0.4) is 0 Å². The van der Waals surface area contributed by atoms with Crippen LogP contribution in [0, 0.1) is 5.92 Å². The summed E-state index contributed by atoms with van der Waals surface area (Å²) in [6.07, 6.45) is 3.88. The van der Waals surface area contributed by atoms with Gasteiger partial charge in [-0.2, -0.15) is 0 Å². The molecular formula is C8H12O3. The van der Waals surface area contributed by atoms with Crippen LogP contribution < -0.4 is 0 Å². The molecule has 11 heavy (non-hydrogen) atoms. The zero-order valence-electron chi connectivity index (χ0n) is 6.23. The minimum absolute atomic E-state index is 0.0156. The monoisotopic (exact) mass is 156 g/mol. The predicted octanol–water partition coefficient (Wildman–Crippen LogP) is 0.423. The van der Waals surface area contributed by atoms with Crippen LogP contribution in [0.2, 0.25) is 0 Å². The predicted molar refractivity (Wildman–Crippen MR) is 40.1 cm³/mol. The molecule has 3 heteroatoms. The van der Waals surface area contributed by atoms with Crippen molar-refractivity contribution in [2.24, 2.45) is 5.92 Å². The zero-order valence-corrected chi connectivity index (χ0v) is 6.23. The maximum atomic E-state index is 8.73. The first-order chi connectivity index (χ1) is 5.36. The molecule has 3 nitrogen and oxygen atoms in total. The highest BCUT2D eigenvalue weighted by Gasteiger charge is 2.06. The van der Waals surface area contributed by atoms with Crippen LogP contribution >= 0.6 is 0 Å². The van der Waals surface area contributed by atoms with Gasteiger partial charge in [-0.25, -0.2) is 0 Å². The Labute approximate surface area is 65.3 Å². The van der Waals surface area contributed by atoms with Crippen molar-refractivity contribution in [2.75, 3.05) is 13.2 Å². The third-order valence-corrected chi connectivity index (χ3v) is 1.62. The fraction of sp³-hybridized carbons (Fsp3) is 0.500. The lowest BCUT2D eigenvalue weighted by atomic mass is 10.0. The average molecular weight is 156 g/mol. The van der Waals surface area contributed by atoms with Crippen LogP contribution in [0.15, 0.2) is 23.0 Å². The second-order valence-corrected chi connectivity index (χ2v) is 2.57. The molecule has 0 radical (unpaired) electrons. The van der Waals surface area contributed by atoms with Crippen LogP contribution in [0.5, 0.6) is 0 Å². The van der Waals surface area contributed by atoms with Gasteiger partial charge >= 0.3 is 0 Å². The van der Waals surface area contributed by atoms with Crippen LogP contribution in [-0.4, -0.2) is 23.4 Å². The molecule has 0 spiro atoms. The van der Waals surface area contributed by atoms with Crippen molar-refractivity contribution in [2.45, 2.75) is 6.42 Å². The van der Waals surface area contributed by atoms with E-state index in [1.165, 1.54) is 0 Å². The van der Waals surface area contributed by atoms with E-state index < -0.39 is 0 Å². The summed E-state index contributed by atoms with van der Waals surface area (Å²) in [4.78, 5) is 0. The molecule has 1 rings (SSSR count).